The Morgan fingerprint density at radius 2 is 2.10 bits per heavy atom. The molecule has 2 aromatic rings. The lowest BCUT2D eigenvalue weighted by atomic mass is 10.1. The van der Waals surface area contributed by atoms with Gasteiger partial charge in [-0.3, -0.25) is 4.79 Å². The number of nitrogens with zero attached hydrogens (tertiary/aromatic N) is 2. The van der Waals surface area contributed by atoms with Gasteiger partial charge in [0.2, 0.25) is 11.0 Å². The van der Waals surface area contributed by atoms with Gasteiger partial charge in [0.15, 0.2) is 4.34 Å². The van der Waals surface area contributed by atoms with E-state index in [0.29, 0.717) is 5.13 Å². The molecule has 3 N–H and O–H groups in total. The fourth-order valence-corrected chi connectivity index (χ4v) is 3.33. The van der Waals surface area contributed by atoms with Gasteiger partial charge >= 0.3 is 0 Å². The smallest absolute Gasteiger partial charge is 0.230 e. The van der Waals surface area contributed by atoms with E-state index in [2.05, 4.69) is 41.5 Å². The maximum atomic E-state index is 11.0. The van der Waals surface area contributed by atoms with Crippen molar-refractivity contribution < 1.29 is 4.79 Å². The molecule has 20 heavy (non-hydrogen) atoms. The van der Waals surface area contributed by atoms with E-state index >= 15 is 0 Å². The minimum absolute atomic E-state index is 0.308. The average molecular weight is 308 g/mol. The minimum atomic E-state index is -0.353. The van der Waals surface area contributed by atoms with Crippen molar-refractivity contribution in [3.8, 4) is 0 Å². The van der Waals surface area contributed by atoms with E-state index < -0.39 is 0 Å². The first-order valence-corrected chi connectivity index (χ1v) is 7.79. The second kappa shape index (κ2) is 6.23. The molecule has 1 unspecified atom stereocenters. The number of hydrogen-bond donors (Lipinski definition) is 2. The van der Waals surface area contributed by atoms with E-state index in [1.54, 1.807) is 6.92 Å². The maximum absolute atomic E-state index is 11.0. The number of carbonyl (C=O) groups excluding carboxylic acids is 1. The molecular formula is C13H16N4OS2. The highest BCUT2D eigenvalue weighted by atomic mass is 32.2. The highest BCUT2D eigenvalue weighted by molar-refractivity contribution is 8.02. The number of nitrogens with one attached hydrogen (secondary N) is 1. The van der Waals surface area contributed by atoms with Crippen LogP contribution in [0.25, 0.3) is 0 Å². The summed E-state index contributed by atoms with van der Waals surface area (Å²) in [5.41, 5.74) is 8.67. The normalized spacial score (nSPS) is 12.2. The maximum Gasteiger partial charge on any atom is 0.230 e. The summed E-state index contributed by atoms with van der Waals surface area (Å²) in [6, 6.07) is 6.13. The minimum Gasteiger partial charge on any atom is -0.369 e. The van der Waals surface area contributed by atoms with Crippen molar-refractivity contribution in [3.63, 3.8) is 0 Å². The van der Waals surface area contributed by atoms with Crippen LogP contribution in [-0.2, 0) is 4.79 Å². The number of thioether (sulfide) groups is 1. The van der Waals surface area contributed by atoms with Crippen LogP contribution in [-0.4, -0.2) is 21.4 Å². The zero-order valence-electron chi connectivity index (χ0n) is 11.5. The van der Waals surface area contributed by atoms with E-state index in [4.69, 9.17) is 5.73 Å². The summed E-state index contributed by atoms with van der Waals surface area (Å²) in [5.74, 6) is -0.353. The molecule has 1 atom stereocenters. The van der Waals surface area contributed by atoms with Crippen molar-refractivity contribution >= 4 is 39.8 Å². The molecule has 0 aliphatic heterocycles. The number of nitrogens with two attached hydrogens (primary N) is 1. The summed E-state index contributed by atoms with van der Waals surface area (Å²) in [4.78, 5) is 11.0. The molecule has 5 nitrogen and oxygen atoms in total. The number of hydrogen-bond acceptors (Lipinski definition) is 6. The van der Waals surface area contributed by atoms with Crippen LogP contribution in [0.2, 0.25) is 0 Å². The fourth-order valence-electron chi connectivity index (χ4n) is 1.46. The lowest BCUT2D eigenvalue weighted by Crippen LogP contribution is -2.22. The van der Waals surface area contributed by atoms with Gasteiger partial charge in [-0.05, 0) is 44.0 Å². The molecule has 0 saturated carbocycles. The number of amides is 1. The van der Waals surface area contributed by atoms with E-state index in [9.17, 15) is 4.79 Å². The van der Waals surface area contributed by atoms with Crippen LogP contribution >= 0.6 is 23.1 Å². The lowest BCUT2D eigenvalue weighted by Gasteiger charge is -2.05. The van der Waals surface area contributed by atoms with Gasteiger partial charge < -0.3 is 11.1 Å². The van der Waals surface area contributed by atoms with Gasteiger partial charge in [-0.2, -0.15) is 0 Å². The molecule has 0 spiro atoms. The van der Waals surface area contributed by atoms with Crippen molar-refractivity contribution in [2.45, 2.75) is 30.4 Å². The highest BCUT2D eigenvalue weighted by Crippen LogP contribution is 2.30. The zero-order chi connectivity index (χ0) is 14.7. The van der Waals surface area contributed by atoms with Crippen LogP contribution in [0.4, 0.5) is 10.8 Å². The van der Waals surface area contributed by atoms with Crippen LogP contribution in [0.1, 0.15) is 18.1 Å². The second-order valence-electron chi connectivity index (χ2n) is 4.46. The summed E-state index contributed by atoms with van der Waals surface area (Å²) in [5, 5.41) is 11.7. The van der Waals surface area contributed by atoms with Crippen molar-refractivity contribution in [3.05, 3.63) is 29.3 Å². The predicted octanol–water partition coefficient (Wildman–Crippen LogP) is 2.86. The molecule has 0 aliphatic carbocycles. The summed E-state index contributed by atoms with van der Waals surface area (Å²) in [7, 11) is 0. The summed E-state index contributed by atoms with van der Waals surface area (Å²) < 4.78 is 0.725. The first-order chi connectivity index (χ1) is 9.45. The van der Waals surface area contributed by atoms with Crippen LogP contribution in [0.15, 0.2) is 22.5 Å². The summed E-state index contributed by atoms with van der Waals surface area (Å²) in [6.45, 7) is 5.89. The van der Waals surface area contributed by atoms with Gasteiger partial charge in [0.25, 0.3) is 0 Å². The highest BCUT2D eigenvalue weighted by Gasteiger charge is 2.14. The third-order valence-corrected chi connectivity index (χ3v) is 4.88. The molecule has 1 aromatic carbocycles. The van der Waals surface area contributed by atoms with Crippen LogP contribution in [0.3, 0.4) is 0 Å². The molecule has 0 fully saturated rings. The lowest BCUT2D eigenvalue weighted by molar-refractivity contribution is -0.117. The van der Waals surface area contributed by atoms with Crippen LogP contribution in [0.5, 0.6) is 0 Å². The second-order valence-corrected chi connectivity index (χ2v) is 7.03. The molecular weight excluding hydrogens is 292 g/mol. The Kier molecular flexibility index (Phi) is 4.61. The fraction of sp³-hybridized carbons (Fsp3) is 0.308. The Labute approximate surface area is 126 Å². The SMILES string of the molecule is Cc1ccc(Nc2nnc(SC(C)C(N)=O)s2)cc1C. The Hall–Kier alpha value is -1.60. The van der Waals surface area contributed by atoms with E-state index in [1.807, 2.05) is 6.07 Å². The number of anilines is 2. The van der Waals surface area contributed by atoms with Gasteiger partial charge in [-0.1, -0.05) is 29.2 Å². The molecule has 0 aliphatic rings. The molecule has 1 aromatic heterocycles. The summed E-state index contributed by atoms with van der Waals surface area (Å²) >= 11 is 2.72. The number of aryl methyl sites for hydroxylation is 2. The molecule has 1 heterocycles. The van der Waals surface area contributed by atoms with E-state index in [1.165, 1.54) is 34.2 Å². The van der Waals surface area contributed by atoms with Crippen molar-refractivity contribution in [1.82, 2.24) is 10.2 Å². The Morgan fingerprint density at radius 3 is 2.75 bits per heavy atom. The number of rotatable bonds is 5. The predicted molar refractivity (Wildman–Crippen MR) is 83.6 cm³/mol. The molecule has 2 rings (SSSR count). The molecule has 106 valence electrons. The zero-order valence-corrected chi connectivity index (χ0v) is 13.1. The van der Waals surface area contributed by atoms with Crippen molar-refractivity contribution in [2.24, 2.45) is 5.73 Å². The van der Waals surface area contributed by atoms with Gasteiger partial charge in [0, 0.05) is 5.69 Å². The molecule has 0 bridgehead atoms. The Morgan fingerprint density at radius 1 is 1.35 bits per heavy atom. The summed E-state index contributed by atoms with van der Waals surface area (Å²) in [6.07, 6.45) is 0. The van der Waals surface area contributed by atoms with Gasteiger partial charge in [0.05, 0.1) is 5.25 Å². The largest absolute Gasteiger partial charge is 0.369 e. The van der Waals surface area contributed by atoms with Gasteiger partial charge in [0.1, 0.15) is 0 Å². The van der Waals surface area contributed by atoms with Crippen molar-refractivity contribution in [1.29, 1.82) is 0 Å². The first kappa shape index (κ1) is 14.8. The van der Waals surface area contributed by atoms with Gasteiger partial charge in [-0.25, -0.2) is 0 Å². The quantitative estimate of drug-likeness (QED) is 0.830. The number of benzene rings is 1. The third-order valence-electron chi connectivity index (χ3n) is 2.84. The monoisotopic (exact) mass is 308 g/mol. The first-order valence-electron chi connectivity index (χ1n) is 6.09. The van der Waals surface area contributed by atoms with Gasteiger partial charge in [-0.15, -0.1) is 10.2 Å². The molecule has 7 heteroatoms. The number of primary amides is 1. The standard InChI is InChI=1S/C13H16N4OS2/c1-7-4-5-10(6-8(7)2)15-12-16-17-13(20-12)19-9(3)11(14)18/h4-6,9H,1-3H3,(H2,14,18)(H,15,16). The Balaban J connectivity index is 2.05. The number of carbonyl (C=O) groups is 1. The molecule has 1 amide bonds. The van der Waals surface area contributed by atoms with E-state index in [0.717, 1.165) is 10.0 Å². The Bertz CT molecular complexity index is 627. The van der Waals surface area contributed by atoms with Crippen LogP contribution in [0, 0.1) is 13.8 Å². The van der Waals surface area contributed by atoms with Crippen LogP contribution < -0.4 is 11.1 Å². The van der Waals surface area contributed by atoms with Crippen molar-refractivity contribution in [2.75, 3.05) is 5.32 Å². The third kappa shape index (κ3) is 3.71. The average Bonchev–Trinajstić information content (AvgIpc) is 2.81. The number of aromatic nitrogens is 2. The van der Waals surface area contributed by atoms with E-state index in [-0.39, 0.29) is 11.2 Å². The molecule has 0 saturated heterocycles. The topological polar surface area (TPSA) is 80.9 Å². The molecule has 0 radical (unpaired) electrons.